The van der Waals surface area contributed by atoms with Gasteiger partial charge in [0.05, 0.1) is 0 Å². The molecule has 3 atom stereocenters. The Kier molecular flexibility index (Phi) is 6.23. The first-order valence-electron chi connectivity index (χ1n) is 8.65. The molecule has 1 saturated carbocycles. The second kappa shape index (κ2) is 7.81. The van der Waals surface area contributed by atoms with Crippen LogP contribution in [0.1, 0.15) is 48.7 Å². The normalized spacial score (nSPS) is 29.8. The molecule has 2 heterocycles. The molecule has 1 aliphatic carbocycles. The van der Waals surface area contributed by atoms with Gasteiger partial charge in [0.15, 0.2) is 0 Å². The van der Waals surface area contributed by atoms with Crippen LogP contribution in [0.5, 0.6) is 0 Å². The van der Waals surface area contributed by atoms with Gasteiger partial charge in [0, 0.05) is 38.2 Å². The zero-order chi connectivity index (χ0) is 16.4. The maximum atomic E-state index is 11.5. The summed E-state index contributed by atoms with van der Waals surface area (Å²) in [5, 5.41) is 0. The maximum Gasteiger partial charge on any atom is 0.267 e. The van der Waals surface area contributed by atoms with Gasteiger partial charge >= 0.3 is 0 Å². The molecule has 0 aromatic carbocycles. The molecule has 2 bridgehead atoms. The number of nitrogens with zero attached hydrogens (tertiary/aromatic N) is 2. The average molecular weight is 354 g/mol. The molecule has 24 heavy (non-hydrogen) atoms. The van der Waals surface area contributed by atoms with Crippen LogP contribution in [0.4, 0.5) is 0 Å². The number of hydrogen-bond acceptors (Lipinski definition) is 4. The van der Waals surface area contributed by atoms with Crippen molar-refractivity contribution < 1.29 is 9.53 Å². The summed E-state index contributed by atoms with van der Waals surface area (Å²) in [6.45, 7) is 5.50. The van der Waals surface area contributed by atoms with Crippen LogP contribution in [0.15, 0.2) is 18.3 Å². The molecule has 134 valence electrons. The number of nitrogens with two attached hydrogens (primary N) is 1. The summed E-state index contributed by atoms with van der Waals surface area (Å²) in [6.07, 6.45) is 6.45. The van der Waals surface area contributed by atoms with Gasteiger partial charge < -0.3 is 15.4 Å². The second-order valence-corrected chi connectivity index (χ2v) is 6.88. The second-order valence-electron chi connectivity index (χ2n) is 6.88. The molecule has 1 amide bonds. The Morgan fingerprint density at radius 3 is 2.62 bits per heavy atom. The Hall–Kier alpha value is -1.17. The number of likely N-dealkylation sites (tertiary alicyclic amines) is 1. The van der Waals surface area contributed by atoms with Gasteiger partial charge in [-0.25, -0.2) is 0 Å². The van der Waals surface area contributed by atoms with Crippen molar-refractivity contribution in [3.05, 3.63) is 29.6 Å². The van der Waals surface area contributed by atoms with Crippen LogP contribution in [0, 0.1) is 11.8 Å². The SMILES string of the molecule is CCCN1C[C@H]2CCC[C@@H](C1)[C@@]2(OC)c1ccnc(C(N)=O)c1.Cl. The van der Waals surface area contributed by atoms with Crippen LogP contribution < -0.4 is 5.73 Å². The molecule has 3 rings (SSSR count). The van der Waals surface area contributed by atoms with E-state index in [1.54, 1.807) is 6.20 Å². The molecular formula is C18H28ClN3O2. The largest absolute Gasteiger partial charge is 0.373 e. The lowest BCUT2D eigenvalue weighted by molar-refractivity contribution is -0.168. The summed E-state index contributed by atoms with van der Waals surface area (Å²) in [4.78, 5) is 18.2. The molecule has 6 heteroatoms. The number of ether oxygens (including phenoxy) is 1. The zero-order valence-electron chi connectivity index (χ0n) is 14.5. The highest BCUT2D eigenvalue weighted by molar-refractivity contribution is 5.90. The van der Waals surface area contributed by atoms with E-state index in [1.807, 2.05) is 19.2 Å². The van der Waals surface area contributed by atoms with Gasteiger partial charge in [-0.1, -0.05) is 13.3 Å². The maximum absolute atomic E-state index is 11.5. The van der Waals surface area contributed by atoms with E-state index < -0.39 is 5.91 Å². The summed E-state index contributed by atoms with van der Waals surface area (Å²) < 4.78 is 6.19. The fourth-order valence-electron chi connectivity index (χ4n) is 4.75. The number of aromatic nitrogens is 1. The van der Waals surface area contributed by atoms with Crippen LogP contribution in [0.2, 0.25) is 0 Å². The van der Waals surface area contributed by atoms with Crippen molar-refractivity contribution in [1.82, 2.24) is 9.88 Å². The number of hydrogen-bond donors (Lipinski definition) is 1. The molecule has 1 saturated heterocycles. The fraction of sp³-hybridized carbons (Fsp3) is 0.667. The average Bonchev–Trinajstić information content (AvgIpc) is 2.54. The van der Waals surface area contributed by atoms with Crippen LogP contribution >= 0.6 is 12.4 Å². The number of piperidine rings is 1. The number of pyridine rings is 1. The van der Waals surface area contributed by atoms with Gasteiger partial charge in [-0.2, -0.15) is 0 Å². The number of fused-ring (bicyclic) bond motifs is 2. The third-order valence-electron chi connectivity index (χ3n) is 5.62. The smallest absolute Gasteiger partial charge is 0.267 e. The number of rotatable bonds is 5. The van der Waals surface area contributed by atoms with Crippen molar-refractivity contribution in [3.8, 4) is 0 Å². The van der Waals surface area contributed by atoms with E-state index in [0.29, 0.717) is 17.5 Å². The van der Waals surface area contributed by atoms with Crippen LogP contribution in [-0.4, -0.2) is 42.5 Å². The molecule has 2 fully saturated rings. The van der Waals surface area contributed by atoms with Crippen molar-refractivity contribution in [1.29, 1.82) is 0 Å². The van der Waals surface area contributed by atoms with E-state index in [0.717, 1.165) is 25.2 Å². The van der Waals surface area contributed by atoms with Crippen molar-refractivity contribution in [2.75, 3.05) is 26.7 Å². The van der Waals surface area contributed by atoms with Crippen molar-refractivity contribution in [2.45, 2.75) is 38.2 Å². The predicted octanol–water partition coefficient (Wildman–Crippen LogP) is 2.59. The van der Waals surface area contributed by atoms with Gasteiger partial charge in [-0.05, 0) is 43.5 Å². The topological polar surface area (TPSA) is 68.4 Å². The highest BCUT2D eigenvalue weighted by Gasteiger charge is 2.53. The van der Waals surface area contributed by atoms with Crippen LogP contribution in [-0.2, 0) is 10.3 Å². The first-order chi connectivity index (χ1) is 11.1. The first-order valence-corrected chi connectivity index (χ1v) is 8.65. The fourth-order valence-corrected chi connectivity index (χ4v) is 4.75. The molecule has 5 nitrogen and oxygen atoms in total. The van der Waals surface area contributed by atoms with Crippen molar-refractivity contribution >= 4 is 18.3 Å². The monoisotopic (exact) mass is 353 g/mol. The molecule has 0 radical (unpaired) electrons. The number of primary amides is 1. The highest BCUT2D eigenvalue weighted by atomic mass is 35.5. The number of methoxy groups -OCH3 is 1. The predicted molar refractivity (Wildman–Crippen MR) is 96.3 cm³/mol. The van der Waals surface area contributed by atoms with Crippen molar-refractivity contribution in [2.24, 2.45) is 17.6 Å². The molecule has 1 aromatic rings. The third-order valence-corrected chi connectivity index (χ3v) is 5.62. The lowest BCUT2D eigenvalue weighted by atomic mass is 9.62. The van der Waals surface area contributed by atoms with E-state index in [2.05, 4.69) is 16.8 Å². The van der Waals surface area contributed by atoms with Gasteiger partial charge in [-0.15, -0.1) is 12.4 Å². The molecule has 1 aromatic heterocycles. The highest BCUT2D eigenvalue weighted by Crippen LogP contribution is 2.51. The Morgan fingerprint density at radius 2 is 2.08 bits per heavy atom. The Balaban J connectivity index is 0.00000208. The minimum absolute atomic E-state index is 0. The summed E-state index contributed by atoms with van der Waals surface area (Å²) in [6, 6.07) is 3.84. The summed E-state index contributed by atoms with van der Waals surface area (Å²) in [7, 11) is 1.81. The van der Waals surface area contributed by atoms with Gasteiger partial charge in [0.1, 0.15) is 11.3 Å². The number of amides is 1. The minimum Gasteiger partial charge on any atom is -0.373 e. The molecule has 0 spiro atoms. The van der Waals surface area contributed by atoms with Crippen LogP contribution in [0.25, 0.3) is 0 Å². The number of halogens is 1. The van der Waals surface area contributed by atoms with E-state index in [4.69, 9.17) is 10.5 Å². The standard InChI is InChI=1S/C18H27N3O2.ClH/c1-3-9-21-11-14-5-4-6-15(12-21)18(14,23-2)13-7-8-20-16(10-13)17(19)22;/h7-8,10,14-15H,3-6,9,11-12H2,1-2H3,(H2,19,22);1H/t14-,15+,18-;. The summed E-state index contributed by atoms with van der Waals surface area (Å²) in [5.74, 6) is 0.427. The molecule has 0 unspecified atom stereocenters. The lowest BCUT2D eigenvalue weighted by Crippen LogP contribution is -2.59. The van der Waals surface area contributed by atoms with E-state index >= 15 is 0 Å². The van der Waals surface area contributed by atoms with E-state index in [-0.39, 0.29) is 18.0 Å². The van der Waals surface area contributed by atoms with Crippen molar-refractivity contribution in [3.63, 3.8) is 0 Å². The number of carbonyl (C=O) groups is 1. The Labute approximate surface area is 150 Å². The quantitative estimate of drug-likeness (QED) is 0.883. The number of carbonyl (C=O) groups excluding carboxylic acids is 1. The molecule has 2 N–H and O–H groups in total. The first kappa shape index (κ1) is 19.2. The Bertz CT molecular complexity index is 567. The van der Waals surface area contributed by atoms with Gasteiger partial charge in [-0.3, -0.25) is 9.78 Å². The summed E-state index contributed by atoms with van der Waals surface area (Å²) >= 11 is 0. The molecule has 2 aliphatic rings. The third kappa shape index (κ3) is 3.17. The van der Waals surface area contributed by atoms with Gasteiger partial charge in [0.2, 0.25) is 0 Å². The molecule has 1 aliphatic heterocycles. The molecular weight excluding hydrogens is 326 g/mol. The Morgan fingerprint density at radius 1 is 1.42 bits per heavy atom. The van der Waals surface area contributed by atoms with Crippen LogP contribution in [0.3, 0.4) is 0 Å². The lowest BCUT2D eigenvalue weighted by Gasteiger charge is -2.55. The zero-order valence-corrected chi connectivity index (χ0v) is 15.3. The summed E-state index contributed by atoms with van der Waals surface area (Å²) in [5.41, 5.74) is 6.51. The van der Waals surface area contributed by atoms with E-state index in [9.17, 15) is 4.79 Å². The van der Waals surface area contributed by atoms with E-state index in [1.165, 1.54) is 25.7 Å². The van der Waals surface area contributed by atoms with Gasteiger partial charge in [0.25, 0.3) is 5.91 Å². The minimum atomic E-state index is -0.480.